The topological polar surface area (TPSA) is 38.0 Å². The second kappa shape index (κ2) is 4.71. The molecule has 0 aliphatic rings. The van der Waals surface area contributed by atoms with E-state index in [1.54, 1.807) is 32.2 Å². The largest absolute Gasteiger partial charge is 0.383 e. The van der Waals surface area contributed by atoms with Crippen LogP contribution in [0.2, 0.25) is 5.02 Å². The van der Waals surface area contributed by atoms with Crippen molar-refractivity contribution in [3.05, 3.63) is 52.6 Å². The van der Waals surface area contributed by atoms with Gasteiger partial charge in [-0.05, 0) is 18.6 Å². The number of nitrogens with zero attached hydrogens (tertiary/aromatic N) is 2. The lowest BCUT2D eigenvalue weighted by Crippen LogP contribution is -2.28. The van der Waals surface area contributed by atoms with Gasteiger partial charge in [-0.2, -0.15) is 5.10 Å². The van der Waals surface area contributed by atoms with Crippen LogP contribution in [0, 0.1) is 5.82 Å². The molecule has 2 aromatic rings. The fourth-order valence-electron chi connectivity index (χ4n) is 2.11. The average Bonchev–Trinajstić information content (AvgIpc) is 2.62. The van der Waals surface area contributed by atoms with Crippen LogP contribution in [0.5, 0.6) is 0 Å². The smallest absolute Gasteiger partial charge is 0.126 e. The van der Waals surface area contributed by atoms with Crippen LogP contribution in [0.15, 0.2) is 30.5 Å². The van der Waals surface area contributed by atoms with Gasteiger partial charge in [0.1, 0.15) is 11.4 Å². The minimum Gasteiger partial charge on any atom is -0.383 e. The molecule has 0 aliphatic carbocycles. The molecule has 0 spiro atoms. The summed E-state index contributed by atoms with van der Waals surface area (Å²) in [6, 6.07) is 6.37. The molecule has 0 saturated heterocycles. The normalized spacial score (nSPS) is 14.5. The van der Waals surface area contributed by atoms with Gasteiger partial charge in [-0.1, -0.05) is 29.8 Å². The Morgan fingerprint density at radius 3 is 2.67 bits per heavy atom. The molecule has 0 saturated carbocycles. The van der Waals surface area contributed by atoms with Gasteiger partial charge in [0.05, 0.1) is 16.9 Å². The highest BCUT2D eigenvalue weighted by Gasteiger charge is 2.30. The van der Waals surface area contributed by atoms with Gasteiger partial charge in [-0.15, -0.1) is 0 Å². The fourth-order valence-corrected chi connectivity index (χ4v) is 2.48. The Morgan fingerprint density at radius 2 is 2.11 bits per heavy atom. The SMILES string of the molecule is Cn1ncc(Cl)c1C(C)(O)Cc1ccccc1F. The van der Waals surface area contributed by atoms with Crippen LogP contribution < -0.4 is 0 Å². The molecule has 0 aliphatic heterocycles. The van der Waals surface area contributed by atoms with Crippen LogP contribution >= 0.6 is 11.6 Å². The molecule has 0 bridgehead atoms. The molecule has 1 atom stereocenters. The standard InChI is InChI=1S/C13H14ClFN2O/c1-13(18,12-10(14)8-16-17(12)2)7-9-5-3-4-6-11(9)15/h3-6,8,18H,7H2,1-2H3. The molecule has 0 fully saturated rings. The molecule has 1 aromatic heterocycles. The van der Waals surface area contributed by atoms with E-state index < -0.39 is 5.60 Å². The highest BCUT2D eigenvalue weighted by atomic mass is 35.5. The number of aromatic nitrogens is 2. The summed E-state index contributed by atoms with van der Waals surface area (Å²) in [7, 11) is 1.69. The van der Waals surface area contributed by atoms with Crippen molar-refractivity contribution in [3.63, 3.8) is 0 Å². The third-order valence-corrected chi connectivity index (χ3v) is 3.17. The second-order valence-electron chi connectivity index (χ2n) is 4.51. The molecule has 1 unspecified atom stereocenters. The number of hydrogen-bond acceptors (Lipinski definition) is 2. The molecule has 1 aromatic carbocycles. The summed E-state index contributed by atoms with van der Waals surface area (Å²) in [6.45, 7) is 1.60. The predicted octanol–water partition coefficient (Wildman–Crippen LogP) is 2.66. The number of halogens is 2. The highest BCUT2D eigenvalue weighted by Crippen LogP contribution is 2.31. The van der Waals surface area contributed by atoms with E-state index in [1.807, 2.05) is 0 Å². The van der Waals surface area contributed by atoms with Gasteiger partial charge in [-0.3, -0.25) is 4.68 Å². The van der Waals surface area contributed by atoms with Crippen LogP contribution in [-0.2, 0) is 19.1 Å². The summed E-state index contributed by atoms with van der Waals surface area (Å²) in [5.74, 6) is -0.337. The summed E-state index contributed by atoms with van der Waals surface area (Å²) >= 11 is 6.00. The molecule has 5 heteroatoms. The minimum absolute atomic E-state index is 0.138. The van der Waals surface area contributed by atoms with Crippen molar-refractivity contribution in [2.45, 2.75) is 18.9 Å². The fraction of sp³-hybridized carbons (Fsp3) is 0.308. The van der Waals surface area contributed by atoms with E-state index in [-0.39, 0.29) is 12.2 Å². The predicted molar refractivity (Wildman–Crippen MR) is 67.9 cm³/mol. The van der Waals surface area contributed by atoms with Gasteiger partial charge in [0.2, 0.25) is 0 Å². The summed E-state index contributed by atoms with van der Waals surface area (Å²) in [6.07, 6.45) is 1.60. The van der Waals surface area contributed by atoms with E-state index in [2.05, 4.69) is 5.10 Å². The van der Waals surface area contributed by atoms with Crippen molar-refractivity contribution in [2.75, 3.05) is 0 Å². The van der Waals surface area contributed by atoms with Gasteiger partial charge < -0.3 is 5.11 Å². The lowest BCUT2D eigenvalue weighted by molar-refractivity contribution is 0.0482. The highest BCUT2D eigenvalue weighted by molar-refractivity contribution is 6.31. The van der Waals surface area contributed by atoms with E-state index in [0.717, 1.165) is 0 Å². The molecular formula is C13H14ClFN2O. The minimum atomic E-state index is -1.27. The van der Waals surface area contributed by atoms with Crippen molar-refractivity contribution in [1.29, 1.82) is 0 Å². The molecule has 0 radical (unpaired) electrons. The molecule has 0 amide bonds. The third kappa shape index (κ3) is 2.40. The van der Waals surface area contributed by atoms with E-state index in [0.29, 0.717) is 16.3 Å². The summed E-state index contributed by atoms with van der Waals surface area (Å²) in [5.41, 5.74) is -0.350. The summed E-state index contributed by atoms with van der Waals surface area (Å²) < 4.78 is 15.1. The van der Waals surface area contributed by atoms with Crippen molar-refractivity contribution in [2.24, 2.45) is 7.05 Å². The van der Waals surface area contributed by atoms with E-state index in [4.69, 9.17) is 11.6 Å². The van der Waals surface area contributed by atoms with Gasteiger partial charge in [0, 0.05) is 13.5 Å². The van der Waals surface area contributed by atoms with Gasteiger partial charge in [0.25, 0.3) is 0 Å². The first kappa shape index (κ1) is 13.1. The maximum absolute atomic E-state index is 13.6. The average molecular weight is 269 g/mol. The summed E-state index contributed by atoms with van der Waals surface area (Å²) in [4.78, 5) is 0. The number of benzene rings is 1. The number of hydrogen-bond donors (Lipinski definition) is 1. The Morgan fingerprint density at radius 1 is 1.44 bits per heavy atom. The molecule has 1 N–H and O–H groups in total. The van der Waals surface area contributed by atoms with Crippen molar-refractivity contribution in [3.8, 4) is 0 Å². The Hall–Kier alpha value is -1.39. The molecular weight excluding hydrogens is 255 g/mol. The lowest BCUT2D eigenvalue weighted by atomic mass is 9.93. The van der Waals surface area contributed by atoms with E-state index in [1.165, 1.54) is 16.9 Å². The first-order valence-electron chi connectivity index (χ1n) is 5.55. The monoisotopic (exact) mass is 268 g/mol. The zero-order valence-corrected chi connectivity index (χ0v) is 10.9. The number of aliphatic hydroxyl groups is 1. The van der Waals surface area contributed by atoms with Crippen LogP contribution in [-0.4, -0.2) is 14.9 Å². The Labute approximate surface area is 110 Å². The number of aryl methyl sites for hydroxylation is 1. The first-order chi connectivity index (χ1) is 8.42. The van der Waals surface area contributed by atoms with Crippen molar-refractivity contribution in [1.82, 2.24) is 9.78 Å². The van der Waals surface area contributed by atoms with Crippen LogP contribution in [0.4, 0.5) is 4.39 Å². The molecule has 2 rings (SSSR count). The maximum Gasteiger partial charge on any atom is 0.126 e. The maximum atomic E-state index is 13.6. The van der Waals surface area contributed by atoms with Crippen LogP contribution in [0.25, 0.3) is 0 Å². The third-order valence-electron chi connectivity index (χ3n) is 2.90. The zero-order chi connectivity index (χ0) is 13.3. The van der Waals surface area contributed by atoms with Gasteiger partial charge >= 0.3 is 0 Å². The Balaban J connectivity index is 2.36. The van der Waals surface area contributed by atoms with Crippen LogP contribution in [0.1, 0.15) is 18.2 Å². The first-order valence-corrected chi connectivity index (χ1v) is 5.93. The van der Waals surface area contributed by atoms with Crippen molar-refractivity contribution < 1.29 is 9.50 Å². The molecule has 1 heterocycles. The Bertz CT molecular complexity index is 546. The summed E-state index contributed by atoms with van der Waals surface area (Å²) in [5, 5.41) is 14.9. The van der Waals surface area contributed by atoms with Gasteiger partial charge in [0.15, 0.2) is 0 Å². The molecule has 96 valence electrons. The lowest BCUT2D eigenvalue weighted by Gasteiger charge is -2.24. The zero-order valence-electron chi connectivity index (χ0n) is 10.2. The van der Waals surface area contributed by atoms with E-state index >= 15 is 0 Å². The number of rotatable bonds is 3. The Kier molecular flexibility index (Phi) is 3.41. The second-order valence-corrected chi connectivity index (χ2v) is 4.91. The van der Waals surface area contributed by atoms with Gasteiger partial charge in [-0.25, -0.2) is 4.39 Å². The van der Waals surface area contributed by atoms with Crippen LogP contribution in [0.3, 0.4) is 0 Å². The quantitative estimate of drug-likeness (QED) is 0.929. The van der Waals surface area contributed by atoms with E-state index in [9.17, 15) is 9.50 Å². The molecule has 3 nitrogen and oxygen atoms in total. The molecule has 18 heavy (non-hydrogen) atoms. The van der Waals surface area contributed by atoms with Crippen molar-refractivity contribution >= 4 is 11.6 Å².